The van der Waals surface area contributed by atoms with Gasteiger partial charge in [-0.05, 0) is 37.0 Å². The van der Waals surface area contributed by atoms with E-state index in [1.807, 2.05) is 11.8 Å². The van der Waals surface area contributed by atoms with Gasteiger partial charge in [0, 0.05) is 22.1 Å². The quantitative estimate of drug-likeness (QED) is 0.885. The van der Waals surface area contributed by atoms with Gasteiger partial charge in [0.2, 0.25) is 0 Å². The maximum Gasteiger partial charge on any atom is 0.124 e. The van der Waals surface area contributed by atoms with Crippen molar-refractivity contribution in [2.45, 2.75) is 43.4 Å². The molecule has 1 atom stereocenters. The molecule has 1 fully saturated rings. The zero-order valence-electron chi connectivity index (χ0n) is 10.4. The van der Waals surface area contributed by atoms with Gasteiger partial charge in [0.05, 0.1) is 0 Å². The van der Waals surface area contributed by atoms with E-state index in [1.54, 1.807) is 6.07 Å². The SMILES string of the molecule is NC(CSC1CCCC1)Cc1ccc(F)cc1Cl. The second-order valence-corrected chi connectivity index (χ2v) is 6.68. The summed E-state index contributed by atoms with van der Waals surface area (Å²) >= 11 is 7.98. The summed E-state index contributed by atoms with van der Waals surface area (Å²) in [5.74, 6) is 0.663. The fraction of sp³-hybridized carbons (Fsp3) is 0.571. The third-order valence-corrected chi connectivity index (χ3v) is 5.26. The number of nitrogens with two attached hydrogens (primary N) is 1. The smallest absolute Gasteiger partial charge is 0.124 e. The highest BCUT2D eigenvalue weighted by Gasteiger charge is 2.17. The van der Waals surface area contributed by atoms with Gasteiger partial charge in [-0.3, -0.25) is 0 Å². The normalized spacial score (nSPS) is 18.2. The molecule has 2 rings (SSSR count). The van der Waals surface area contributed by atoms with Gasteiger partial charge >= 0.3 is 0 Å². The number of benzene rings is 1. The number of thioether (sulfide) groups is 1. The minimum absolute atomic E-state index is 0.0959. The average Bonchev–Trinajstić information content (AvgIpc) is 2.83. The molecule has 0 aliphatic heterocycles. The summed E-state index contributed by atoms with van der Waals surface area (Å²) in [6.07, 6.45) is 6.09. The summed E-state index contributed by atoms with van der Waals surface area (Å²) in [5, 5.41) is 1.27. The maximum absolute atomic E-state index is 12.9. The summed E-state index contributed by atoms with van der Waals surface area (Å²) in [4.78, 5) is 0. The van der Waals surface area contributed by atoms with Crippen molar-refractivity contribution in [3.8, 4) is 0 Å². The van der Waals surface area contributed by atoms with E-state index >= 15 is 0 Å². The van der Waals surface area contributed by atoms with Crippen molar-refractivity contribution >= 4 is 23.4 Å². The third kappa shape index (κ3) is 4.15. The summed E-state index contributed by atoms with van der Waals surface area (Å²) in [7, 11) is 0. The van der Waals surface area contributed by atoms with E-state index in [0.717, 1.165) is 23.0 Å². The number of hydrogen-bond acceptors (Lipinski definition) is 2. The highest BCUT2D eigenvalue weighted by Crippen LogP contribution is 2.30. The Bertz CT molecular complexity index is 393. The molecule has 1 aliphatic carbocycles. The second kappa shape index (κ2) is 6.78. The van der Waals surface area contributed by atoms with Gasteiger partial charge in [0.25, 0.3) is 0 Å². The highest BCUT2D eigenvalue weighted by molar-refractivity contribution is 7.99. The van der Waals surface area contributed by atoms with Crippen LogP contribution in [0, 0.1) is 5.82 Å². The van der Waals surface area contributed by atoms with Crippen LogP contribution in [0.3, 0.4) is 0 Å². The zero-order valence-corrected chi connectivity index (χ0v) is 11.9. The van der Waals surface area contributed by atoms with Crippen molar-refractivity contribution in [3.63, 3.8) is 0 Å². The molecule has 0 spiro atoms. The van der Waals surface area contributed by atoms with E-state index in [-0.39, 0.29) is 11.9 Å². The summed E-state index contributed by atoms with van der Waals surface area (Å²) in [5.41, 5.74) is 7.06. The molecule has 0 radical (unpaired) electrons. The Morgan fingerprint density at radius 1 is 1.39 bits per heavy atom. The monoisotopic (exact) mass is 287 g/mol. The van der Waals surface area contributed by atoms with Crippen LogP contribution in [0.15, 0.2) is 18.2 Å². The molecule has 1 unspecified atom stereocenters. The predicted molar refractivity (Wildman–Crippen MR) is 77.8 cm³/mol. The first-order chi connectivity index (χ1) is 8.65. The molecule has 0 heterocycles. The molecule has 2 N–H and O–H groups in total. The van der Waals surface area contributed by atoms with E-state index < -0.39 is 0 Å². The zero-order chi connectivity index (χ0) is 13.0. The van der Waals surface area contributed by atoms with E-state index in [0.29, 0.717) is 5.02 Å². The van der Waals surface area contributed by atoms with Crippen molar-refractivity contribution in [2.75, 3.05) is 5.75 Å². The van der Waals surface area contributed by atoms with Crippen molar-refractivity contribution in [2.24, 2.45) is 5.73 Å². The first-order valence-electron chi connectivity index (χ1n) is 6.46. The number of hydrogen-bond donors (Lipinski definition) is 1. The van der Waals surface area contributed by atoms with Crippen LogP contribution < -0.4 is 5.73 Å². The summed E-state index contributed by atoms with van der Waals surface area (Å²) in [6, 6.07) is 4.63. The first-order valence-corrected chi connectivity index (χ1v) is 7.89. The van der Waals surface area contributed by atoms with Gasteiger partial charge in [-0.15, -0.1) is 0 Å². The van der Waals surface area contributed by atoms with Gasteiger partial charge in [0.15, 0.2) is 0 Å². The van der Waals surface area contributed by atoms with Gasteiger partial charge in [-0.2, -0.15) is 11.8 Å². The van der Waals surface area contributed by atoms with Crippen LogP contribution in [-0.4, -0.2) is 17.0 Å². The molecule has 4 heteroatoms. The third-order valence-electron chi connectivity index (χ3n) is 3.35. The van der Waals surface area contributed by atoms with E-state index in [4.69, 9.17) is 17.3 Å². The van der Waals surface area contributed by atoms with Crippen molar-refractivity contribution < 1.29 is 4.39 Å². The molecule has 18 heavy (non-hydrogen) atoms. The highest BCUT2D eigenvalue weighted by atomic mass is 35.5. The molecular weight excluding hydrogens is 269 g/mol. The average molecular weight is 288 g/mol. The van der Waals surface area contributed by atoms with Gasteiger partial charge in [-0.1, -0.05) is 30.5 Å². The van der Waals surface area contributed by atoms with Crippen molar-refractivity contribution in [3.05, 3.63) is 34.6 Å². The number of rotatable bonds is 5. The predicted octanol–water partition coefficient (Wildman–Crippen LogP) is 4.02. The largest absolute Gasteiger partial charge is 0.327 e. The molecule has 1 nitrogen and oxygen atoms in total. The van der Waals surface area contributed by atoms with Crippen LogP contribution in [0.4, 0.5) is 4.39 Å². The molecule has 0 saturated heterocycles. The van der Waals surface area contributed by atoms with E-state index in [1.165, 1.54) is 37.8 Å². The molecule has 0 bridgehead atoms. The van der Waals surface area contributed by atoms with Gasteiger partial charge < -0.3 is 5.73 Å². The lowest BCUT2D eigenvalue weighted by Crippen LogP contribution is -2.26. The van der Waals surface area contributed by atoms with Crippen molar-refractivity contribution in [1.82, 2.24) is 0 Å². The van der Waals surface area contributed by atoms with Gasteiger partial charge in [0.1, 0.15) is 5.82 Å². The molecule has 1 aromatic rings. The van der Waals surface area contributed by atoms with E-state index in [2.05, 4.69) is 0 Å². The van der Waals surface area contributed by atoms with Crippen LogP contribution >= 0.6 is 23.4 Å². The Kier molecular flexibility index (Phi) is 5.34. The lowest BCUT2D eigenvalue weighted by molar-refractivity contribution is 0.626. The molecular formula is C14H19ClFNS. The first kappa shape index (κ1) is 14.2. The Labute approximate surface area is 117 Å². The summed E-state index contributed by atoms with van der Waals surface area (Å²) < 4.78 is 12.9. The Balaban J connectivity index is 1.80. The van der Waals surface area contributed by atoms with Gasteiger partial charge in [-0.25, -0.2) is 4.39 Å². The van der Waals surface area contributed by atoms with Crippen LogP contribution in [0.2, 0.25) is 5.02 Å². The Morgan fingerprint density at radius 3 is 2.78 bits per heavy atom. The molecule has 1 aromatic carbocycles. The standard InChI is InChI=1S/C14H19ClFNS/c15-14-8-11(16)6-5-10(14)7-12(17)9-18-13-3-1-2-4-13/h5-6,8,12-13H,1-4,7,9,17H2. The van der Waals surface area contributed by atoms with Crippen LogP contribution in [0.25, 0.3) is 0 Å². The lowest BCUT2D eigenvalue weighted by atomic mass is 10.1. The van der Waals surface area contributed by atoms with Crippen molar-refractivity contribution in [1.29, 1.82) is 0 Å². The lowest BCUT2D eigenvalue weighted by Gasteiger charge is -2.15. The van der Waals surface area contributed by atoms with Crippen LogP contribution in [0.5, 0.6) is 0 Å². The minimum Gasteiger partial charge on any atom is -0.327 e. The molecule has 0 aromatic heterocycles. The fourth-order valence-corrected chi connectivity index (χ4v) is 3.89. The maximum atomic E-state index is 12.9. The molecule has 100 valence electrons. The second-order valence-electron chi connectivity index (χ2n) is 4.94. The summed E-state index contributed by atoms with van der Waals surface area (Å²) in [6.45, 7) is 0. The molecule has 1 saturated carbocycles. The van der Waals surface area contributed by atoms with Crippen LogP contribution in [-0.2, 0) is 6.42 Å². The Hall–Kier alpha value is -0.250. The topological polar surface area (TPSA) is 26.0 Å². The number of halogens is 2. The van der Waals surface area contributed by atoms with Crippen LogP contribution in [0.1, 0.15) is 31.2 Å². The van der Waals surface area contributed by atoms with E-state index in [9.17, 15) is 4.39 Å². The molecule has 0 amide bonds. The Morgan fingerprint density at radius 2 is 2.11 bits per heavy atom. The fourth-order valence-electron chi connectivity index (χ4n) is 2.34. The minimum atomic E-state index is -0.294. The molecule has 1 aliphatic rings.